The van der Waals surface area contributed by atoms with E-state index >= 15 is 0 Å². The number of aromatic nitrogens is 1. The van der Waals surface area contributed by atoms with Crippen LogP contribution in [0.1, 0.15) is 59.9 Å². The third-order valence-corrected chi connectivity index (χ3v) is 6.05. The molecule has 2 aliphatic carbocycles. The Balaban J connectivity index is 1.80. The van der Waals surface area contributed by atoms with Crippen molar-refractivity contribution in [1.29, 1.82) is 0 Å². The molecule has 1 aromatic heterocycles. The summed E-state index contributed by atoms with van der Waals surface area (Å²) in [5.41, 5.74) is 5.62. The fraction of sp³-hybridized carbons (Fsp3) is 0.611. The van der Waals surface area contributed by atoms with Crippen LogP contribution in [0.2, 0.25) is 5.02 Å². The molecule has 2 saturated carbocycles. The number of primary amides is 1. The standard InChI is InChI=1S/C18H24ClN3O3/c1-3-25-14-9-13(18(14)6-4-5-7-18)22(2)17(24)15-12(19)8-11(10-21-15)16(20)23/h8,10,13-14H,3-7,9H2,1-2H3,(H2,20,23)/t13-,14-/m0/s1. The number of nitrogens with zero attached hydrogens (tertiary/aromatic N) is 2. The molecule has 3 rings (SSSR count). The molecule has 2 amide bonds. The van der Waals surface area contributed by atoms with E-state index in [9.17, 15) is 9.59 Å². The molecule has 25 heavy (non-hydrogen) atoms. The fourth-order valence-electron chi connectivity index (χ4n) is 4.43. The van der Waals surface area contributed by atoms with E-state index in [1.165, 1.54) is 25.1 Å². The predicted octanol–water partition coefficient (Wildman–Crippen LogP) is 2.64. The van der Waals surface area contributed by atoms with Crippen LogP contribution >= 0.6 is 11.6 Å². The minimum atomic E-state index is -0.620. The Morgan fingerprint density at radius 2 is 2.12 bits per heavy atom. The Bertz CT molecular complexity index is 688. The van der Waals surface area contributed by atoms with Gasteiger partial charge in [0.25, 0.3) is 5.91 Å². The lowest BCUT2D eigenvalue weighted by Crippen LogP contribution is -2.64. The molecule has 2 aliphatic rings. The van der Waals surface area contributed by atoms with E-state index in [-0.39, 0.29) is 39.7 Å². The predicted molar refractivity (Wildman–Crippen MR) is 94.6 cm³/mol. The molecule has 1 spiro atoms. The third kappa shape index (κ3) is 3.02. The number of hydrogen-bond donors (Lipinski definition) is 1. The summed E-state index contributed by atoms with van der Waals surface area (Å²) in [4.78, 5) is 29.9. The molecule has 1 aromatic rings. The normalized spacial score (nSPS) is 24.1. The van der Waals surface area contributed by atoms with Crippen LogP contribution in [0.4, 0.5) is 0 Å². The molecular formula is C18H24ClN3O3. The average Bonchev–Trinajstić information content (AvgIpc) is 3.09. The Labute approximate surface area is 152 Å². The fourth-order valence-corrected chi connectivity index (χ4v) is 4.68. The van der Waals surface area contributed by atoms with Crippen molar-refractivity contribution in [3.63, 3.8) is 0 Å². The van der Waals surface area contributed by atoms with Gasteiger partial charge in [-0.25, -0.2) is 4.98 Å². The molecule has 2 atom stereocenters. The summed E-state index contributed by atoms with van der Waals surface area (Å²) >= 11 is 6.17. The van der Waals surface area contributed by atoms with Crippen LogP contribution < -0.4 is 5.73 Å². The highest BCUT2D eigenvalue weighted by Crippen LogP contribution is 2.56. The summed E-state index contributed by atoms with van der Waals surface area (Å²) in [6, 6.07) is 1.53. The van der Waals surface area contributed by atoms with Gasteiger partial charge in [-0.3, -0.25) is 9.59 Å². The first-order chi connectivity index (χ1) is 11.9. The van der Waals surface area contributed by atoms with Crippen molar-refractivity contribution in [2.45, 2.75) is 51.2 Å². The maximum atomic E-state index is 12.9. The lowest BCUT2D eigenvalue weighted by Gasteiger charge is -2.56. The van der Waals surface area contributed by atoms with Crippen LogP contribution in [0.3, 0.4) is 0 Å². The first kappa shape index (κ1) is 18.1. The largest absolute Gasteiger partial charge is 0.378 e. The molecule has 0 aromatic carbocycles. The number of nitrogens with two attached hydrogens (primary N) is 1. The Hall–Kier alpha value is -1.66. The van der Waals surface area contributed by atoms with E-state index in [2.05, 4.69) is 4.98 Å². The second-order valence-electron chi connectivity index (χ2n) is 6.97. The Morgan fingerprint density at radius 3 is 2.68 bits per heavy atom. The minimum Gasteiger partial charge on any atom is -0.378 e. The summed E-state index contributed by atoms with van der Waals surface area (Å²) < 4.78 is 5.92. The number of halogens is 1. The van der Waals surface area contributed by atoms with Crippen LogP contribution in [-0.2, 0) is 4.74 Å². The van der Waals surface area contributed by atoms with Gasteiger partial charge >= 0.3 is 0 Å². The highest BCUT2D eigenvalue weighted by molar-refractivity contribution is 6.33. The molecule has 2 N–H and O–H groups in total. The number of pyridine rings is 1. The molecule has 0 aliphatic heterocycles. The van der Waals surface area contributed by atoms with Gasteiger partial charge in [0.2, 0.25) is 5.91 Å². The minimum absolute atomic E-state index is 0.0556. The number of carbonyl (C=O) groups is 2. The number of hydrogen-bond acceptors (Lipinski definition) is 4. The number of amides is 2. The smallest absolute Gasteiger partial charge is 0.274 e. The molecule has 136 valence electrons. The lowest BCUT2D eigenvalue weighted by atomic mass is 9.60. The average molecular weight is 366 g/mol. The molecular weight excluding hydrogens is 342 g/mol. The van der Waals surface area contributed by atoms with Crippen LogP contribution in [0.5, 0.6) is 0 Å². The van der Waals surface area contributed by atoms with Crippen molar-refractivity contribution in [1.82, 2.24) is 9.88 Å². The van der Waals surface area contributed by atoms with E-state index in [4.69, 9.17) is 22.1 Å². The summed E-state index contributed by atoms with van der Waals surface area (Å²) in [6.07, 6.45) is 6.88. The van der Waals surface area contributed by atoms with E-state index in [0.29, 0.717) is 6.61 Å². The van der Waals surface area contributed by atoms with Gasteiger partial charge in [-0.1, -0.05) is 24.4 Å². The summed E-state index contributed by atoms with van der Waals surface area (Å²) in [6.45, 7) is 2.70. The first-order valence-corrected chi connectivity index (χ1v) is 9.12. The van der Waals surface area contributed by atoms with Crippen molar-refractivity contribution in [3.8, 4) is 0 Å². The highest BCUT2D eigenvalue weighted by Gasteiger charge is 2.59. The SMILES string of the molecule is CCO[C@H]1C[C@H](N(C)C(=O)c2ncc(C(N)=O)cc2Cl)C12CCCC2. The van der Waals surface area contributed by atoms with Crippen molar-refractivity contribution >= 4 is 23.4 Å². The summed E-state index contributed by atoms with van der Waals surface area (Å²) in [5.74, 6) is -0.850. The number of carbonyl (C=O) groups excluding carboxylic acids is 2. The summed E-state index contributed by atoms with van der Waals surface area (Å²) in [7, 11) is 1.80. The van der Waals surface area contributed by atoms with Crippen LogP contribution in [0.15, 0.2) is 12.3 Å². The monoisotopic (exact) mass is 365 g/mol. The second kappa shape index (κ2) is 6.92. The van der Waals surface area contributed by atoms with Gasteiger partial charge in [-0.2, -0.15) is 0 Å². The molecule has 0 bridgehead atoms. The number of rotatable bonds is 5. The Kier molecular flexibility index (Phi) is 5.02. The van der Waals surface area contributed by atoms with Crippen LogP contribution in [0, 0.1) is 5.41 Å². The molecule has 0 radical (unpaired) electrons. The molecule has 2 fully saturated rings. The highest BCUT2D eigenvalue weighted by atomic mass is 35.5. The molecule has 0 saturated heterocycles. The second-order valence-corrected chi connectivity index (χ2v) is 7.38. The van der Waals surface area contributed by atoms with Gasteiger partial charge in [-0.05, 0) is 32.3 Å². The zero-order chi connectivity index (χ0) is 18.2. The number of ether oxygens (including phenoxy) is 1. The third-order valence-electron chi connectivity index (χ3n) is 5.76. The molecule has 6 nitrogen and oxygen atoms in total. The van der Waals surface area contributed by atoms with Gasteiger partial charge < -0.3 is 15.4 Å². The van der Waals surface area contributed by atoms with Crippen LogP contribution in [0.25, 0.3) is 0 Å². The van der Waals surface area contributed by atoms with Crippen molar-refractivity contribution in [2.75, 3.05) is 13.7 Å². The molecule has 1 heterocycles. The van der Waals surface area contributed by atoms with Crippen molar-refractivity contribution < 1.29 is 14.3 Å². The zero-order valence-electron chi connectivity index (χ0n) is 14.6. The van der Waals surface area contributed by atoms with Crippen molar-refractivity contribution in [2.24, 2.45) is 11.1 Å². The van der Waals surface area contributed by atoms with E-state index < -0.39 is 5.91 Å². The van der Waals surface area contributed by atoms with Gasteiger partial charge in [-0.15, -0.1) is 0 Å². The maximum absolute atomic E-state index is 12.9. The zero-order valence-corrected chi connectivity index (χ0v) is 15.4. The van der Waals surface area contributed by atoms with Gasteiger partial charge in [0.15, 0.2) is 0 Å². The summed E-state index contributed by atoms with van der Waals surface area (Å²) in [5, 5.41) is 0.148. The van der Waals surface area contributed by atoms with E-state index in [0.717, 1.165) is 19.3 Å². The quantitative estimate of drug-likeness (QED) is 0.869. The first-order valence-electron chi connectivity index (χ1n) is 8.75. The van der Waals surface area contributed by atoms with Crippen LogP contribution in [-0.4, -0.2) is 47.5 Å². The Morgan fingerprint density at radius 1 is 1.44 bits per heavy atom. The lowest BCUT2D eigenvalue weighted by molar-refractivity contribution is -0.152. The molecule has 0 unspecified atom stereocenters. The van der Waals surface area contributed by atoms with Gasteiger partial charge in [0.05, 0.1) is 16.7 Å². The van der Waals surface area contributed by atoms with Crippen molar-refractivity contribution in [3.05, 3.63) is 28.5 Å². The maximum Gasteiger partial charge on any atom is 0.274 e. The van der Waals surface area contributed by atoms with E-state index in [1.807, 2.05) is 6.92 Å². The van der Waals surface area contributed by atoms with Gasteiger partial charge in [0, 0.05) is 31.3 Å². The van der Waals surface area contributed by atoms with E-state index in [1.54, 1.807) is 11.9 Å². The molecule has 7 heteroatoms. The topological polar surface area (TPSA) is 85.5 Å². The van der Waals surface area contributed by atoms with Gasteiger partial charge in [0.1, 0.15) is 5.69 Å².